The van der Waals surface area contributed by atoms with E-state index in [2.05, 4.69) is 17.3 Å². The van der Waals surface area contributed by atoms with E-state index in [-0.39, 0.29) is 6.10 Å². The highest BCUT2D eigenvalue weighted by molar-refractivity contribution is 7.10. The zero-order valence-electron chi connectivity index (χ0n) is 9.72. The number of nitrogens with zero attached hydrogens (tertiary/aromatic N) is 1. The molecule has 1 saturated heterocycles. The maximum absolute atomic E-state index is 9.87. The molecule has 16 heavy (non-hydrogen) atoms. The van der Waals surface area contributed by atoms with Crippen LogP contribution >= 0.6 is 11.3 Å². The van der Waals surface area contributed by atoms with Crippen LogP contribution in [0.5, 0.6) is 0 Å². The van der Waals surface area contributed by atoms with Crippen molar-refractivity contribution in [1.29, 1.82) is 0 Å². The lowest BCUT2D eigenvalue weighted by Gasteiger charge is -2.14. The summed E-state index contributed by atoms with van der Waals surface area (Å²) in [6.45, 7) is 4.08. The van der Waals surface area contributed by atoms with Crippen molar-refractivity contribution in [3.8, 4) is 0 Å². The van der Waals surface area contributed by atoms with Crippen molar-refractivity contribution in [2.75, 3.05) is 33.2 Å². The Bertz CT molecular complexity index is 302. The van der Waals surface area contributed by atoms with Crippen LogP contribution in [0.15, 0.2) is 17.5 Å². The largest absolute Gasteiger partial charge is 0.386 e. The molecule has 1 fully saturated rings. The first-order valence-corrected chi connectivity index (χ1v) is 6.74. The van der Waals surface area contributed by atoms with E-state index in [4.69, 9.17) is 0 Å². The maximum Gasteiger partial charge on any atom is 0.101 e. The van der Waals surface area contributed by atoms with E-state index in [9.17, 15) is 5.11 Å². The van der Waals surface area contributed by atoms with Crippen LogP contribution in [0.4, 0.5) is 0 Å². The molecule has 2 atom stereocenters. The molecule has 0 spiro atoms. The fraction of sp³-hybridized carbons (Fsp3) is 0.667. The molecule has 4 heteroatoms. The molecule has 2 N–H and O–H groups in total. The molecule has 0 radical (unpaired) electrons. The standard InChI is InChI=1S/C12H20N2OS/c1-14-5-4-10(9-14)7-13-8-11(15)12-3-2-6-16-12/h2-3,6,10-11,13,15H,4-5,7-9H2,1H3. The van der Waals surface area contributed by atoms with Crippen LogP contribution in [0.2, 0.25) is 0 Å². The number of nitrogens with one attached hydrogen (secondary N) is 1. The van der Waals surface area contributed by atoms with Gasteiger partial charge in [0.05, 0.1) is 0 Å². The van der Waals surface area contributed by atoms with Crippen LogP contribution in [0, 0.1) is 5.92 Å². The summed E-state index contributed by atoms with van der Waals surface area (Å²) < 4.78 is 0. The molecule has 0 aromatic carbocycles. The van der Waals surface area contributed by atoms with Gasteiger partial charge >= 0.3 is 0 Å². The molecule has 1 aromatic heterocycles. The van der Waals surface area contributed by atoms with Crippen molar-refractivity contribution in [3.63, 3.8) is 0 Å². The van der Waals surface area contributed by atoms with Gasteiger partial charge in [0.15, 0.2) is 0 Å². The normalized spacial score (nSPS) is 23.8. The average Bonchev–Trinajstić information content (AvgIpc) is 2.89. The fourth-order valence-corrected chi connectivity index (χ4v) is 2.91. The van der Waals surface area contributed by atoms with Crippen molar-refractivity contribution >= 4 is 11.3 Å². The van der Waals surface area contributed by atoms with Crippen molar-refractivity contribution in [2.24, 2.45) is 5.92 Å². The van der Waals surface area contributed by atoms with Crippen molar-refractivity contribution in [2.45, 2.75) is 12.5 Å². The number of aliphatic hydroxyl groups excluding tert-OH is 1. The first-order chi connectivity index (χ1) is 7.75. The van der Waals surface area contributed by atoms with Gasteiger partial charge in [-0.05, 0) is 43.9 Å². The summed E-state index contributed by atoms with van der Waals surface area (Å²) in [4.78, 5) is 3.42. The first kappa shape index (κ1) is 12.0. The highest BCUT2D eigenvalue weighted by Crippen LogP contribution is 2.18. The quantitative estimate of drug-likeness (QED) is 0.815. The van der Waals surface area contributed by atoms with Gasteiger partial charge in [0.25, 0.3) is 0 Å². The summed E-state index contributed by atoms with van der Waals surface area (Å²) in [7, 11) is 2.17. The number of thiophene rings is 1. The number of aliphatic hydroxyl groups is 1. The second-order valence-electron chi connectivity index (χ2n) is 4.61. The van der Waals surface area contributed by atoms with Gasteiger partial charge in [0.1, 0.15) is 6.10 Å². The molecule has 1 aliphatic heterocycles. The van der Waals surface area contributed by atoms with E-state index < -0.39 is 0 Å². The smallest absolute Gasteiger partial charge is 0.101 e. The SMILES string of the molecule is CN1CCC(CNCC(O)c2cccs2)C1. The molecule has 2 rings (SSSR count). The lowest BCUT2D eigenvalue weighted by Crippen LogP contribution is -2.28. The van der Waals surface area contributed by atoms with Gasteiger partial charge < -0.3 is 15.3 Å². The molecular weight excluding hydrogens is 220 g/mol. The predicted octanol–water partition coefficient (Wildman–Crippen LogP) is 1.32. The van der Waals surface area contributed by atoms with Gasteiger partial charge in [0, 0.05) is 18.0 Å². The Labute approximate surface area is 101 Å². The molecule has 2 unspecified atom stereocenters. The second kappa shape index (κ2) is 5.77. The molecule has 0 bridgehead atoms. The minimum Gasteiger partial charge on any atom is -0.386 e. The Morgan fingerprint density at radius 2 is 2.56 bits per heavy atom. The molecule has 0 aliphatic carbocycles. The minimum absolute atomic E-state index is 0.348. The van der Waals surface area contributed by atoms with Crippen LogP contribution in [-0.2, 0) is 0 Å². The predicted molar refractivity (Wildman–Crippen MR) is 67.8 cm³/mol. The Hall–Kier alpha value is -0.420. The summed E-state index contributed by atoms with van der Waals surface area (Å²) in [5.74, 6) is 0.750. The van der Waals surface area contributed by atoms with Gasteiger partial charge in [-0.1, -0.05) is 6.07 Å². The average molecular weight is 240 g/mol. The number of hydrogen-bond acceptors (Lipinski definition) is 4. The van der Waals surface area contributed by atoms with Gasteiger partial charge in [0.2, 0.25) is 0 Å². The summed E-state index contributed by atoms with van der Waals surface area (Å²) >= 11 is 1.62. The molecule has 90 valence electrons. The highest BCUT2D eigenvalue weighted by Gasteiger charge is 2.19. The third-order valence-corrected chi connectivity index (χ3v) is 4.10. The van der Waals surface area contributed by atoms with Gasteiger partial charge in [-0.3, -0.25) is 0 Å². The summed E-state index contributed by atoms with van der Waals surface area (Å²) in [6, 6.07) is 3.97. The third kappa shape index (κ3) is 3.28. The van der Waals surface area contributed by atoms with E-state index in [1.54, 1.807) is 11.3 Å². The molecule has 0 saturated carbocycles. The zero-order valence-corrected chi connectivity index (χ0v) is 10.5. The molecule has 0 amide bonds. The molecule has 2 heterocycles. The zero-order chi connectivity index (χ0) is 11.4. The number of likely N-dealkylation sites (tertiary alicyclic amines) is 1. The van der Waals surface area contributed by atoms with Crippen LogP contribution < -0.4 is 5.32 Å². The molecular formula is C12H20N2OS. The first-order valence-electron chi connectivity index (χ1n) is 5.86. The van der Waals surface area contributed by atoms with Crippen LogP contribution in [0.3, 0.4) is 0 Å². The van der Waals surface area contributed by atoms with E-state index in [1.165, 1.54) is 19.5 Å². The lowest BCUT2D eigenvalue weighted by atomic mass is 10.1. The van der Waals surface area contributed by atoms with Crippen LogP contribution in [-0.4, -0.2) is 43.2 Å². The maximum atomic E-state index is 9.87. The van der Waals surface area contributed by atoms with Crippen LogP contribution in [0.25, 0.3) is 0 Å². The third-order valence-electron chi connectivity index (χ3n) is 3.13. The topological polar surface area (TPSA) is 35.5 Å². The number of rotatable bonds is 5. The van der Waals surface area contributed by atoms with Gasteiger partial charge in [-0.15, -0.1) is 11.3 Å². The molecule has 1 aromatic rings. The number of hydrogen-bond donors (Lipinski definition) is 2. The second-order valence-corrected chi connectivity index (χ2v) is 5.59. The summed E-state index contributed by atoms with van der Waals surface area (Å²) in [5.41, 5.74) is 0. The Balaban J connectivity index is 1.64. The monoisotopic (exact) mass is 240 g/mol. The van der Waals surface area contributed by atoms with E-state index in [0.29, 0.717) is 6.54 Å². The van der Waals surface area contributed by atoms with Crippen molar-refractivity contribution in [1.82, 2.24) is 10.2 Å². The van der Waals surface area contributed by atoms with Gasteiger partial charge in [-0.2, -0.15) is 0 Å². The highest BCUT2D eigenvalue weighted by atomic mass is 32.1. The van der Waals surface area contributed by atoms with E-state index in [1.807, 2.05) is 17.5 Å². The molecule has 3 nitrogen and oxygen atoms in total. The van der Waals surface area contributed by atoms with Crippen molar-refractivity contribution in [3.05, 3.63) is 22.4 Å². The minimum atomic E-state index is -0.348. The Morgan fingerprint density at radius 3 is 3.19 bits per heavy atom. The summed E-state index contributed by atoms with van der Waals surface area (Å²) in [6.07, 6.45) is 0.928. The van der Waals surface area contributed by atoms with Crippen LogP contribution in [0.1, 0.15) is 17.4 Å². The van der Waals surface area contributed by atoms with E-state index >= 15 is 0 Å². The summed E-state index contributed by atoms with van der Waals surface area (Å²) in [5, 5.41) is 15.2. The van der Waals surface area contributed by atoms with E-state index in [0.717, 1.165) is 17.3 Å². The fourth-order valence-electron chi connectivity index (χ4n) is 2.20. The lowest BCUT2D eigenvalue weighted by molar-refractivity contribution is 0.176. The molecule has 1 aliphatic rings. The Morgan fingerprint density at radius 1 is 1.69 bits per heavy atom. The van der Waals surface area contributed by atoms with Crippen molar-refractivity contribution < 1.29 is 5.11 Å². The Kier molecular flexibility index (Phi) is 4.35. The van der Waals surface area contributed by atoms with Gasteiger partial charge in [-0.25, -0.2) is 0 Å².